The van der Waals surface area contributed by atoms with Gasteiger partial charge in [-0.2, -0.15) is 0 Å². The van der Waals surface area contributed by atoms with E-state index in [1.165, 1.54) is 11.3 Å². The van der Waals surface area contributed by atoms with Crippen LogP contribution in [0.2, 0.25) is 5.02 Å². The van der Waals surface area contributed by atoms with E-state index in [0.29, 0.717) is 27.9 Å². The summed E-state index contributed by atoms with van der Waals surface area (Å²) in [5.41, 5.74) is 2.41. The predicted octanol–water partition coefficient (Wildman–Crippen LogP) is 4.78. The topological polar surface area (TPSA) is 64.6 Å². The second kappa shape index (κ2) is 8.76. The third kappa shape index (κ3) is 4.62. The number of aryl methyl sites for hydroxylation is 2. The molecular formula is C20H22ClNO4S. The predicted molar refractivity (Wildman–Crippen MR) is 107 cm³/mol. The van der Waals surface area contributed by atoms with Gasteiger partial charge in [0.05, 0.1) is 12.2 Å². The van der Waals surface area contributed by atoms with E-state index in [-0.39, 0.29) is 18.5 Å². The zero-order valence-electron chi connectivity index (χ0n) is 15.4. The molecule has 7 heteroatoms. The van der Waals surface area contributed by atoms with Crippen LogP contribution < -0.4 is 10.1 Å². The number of ether oxygens (including phenoxy) is 2. The molecule has 0 atom stereocenters. The second-order valence-electron chi connectivity index (χ2n) is 6.38. The highest BCUT2D eigenvalue weighted by atomic mass is 35.5. The molecule has 1 aromatic carbocycles. The van der Waals surface area contributed by atoms with E-state index in [0.717, 1.165) is 41.7 Å². The largest absolute Gasteiger partial charge is 0.484 e. The van der Waals surface area contributed by atoms with Gasteiger partial charge in [0.2, 0.25) is 0 Å². The fraction of sp³-hybridized carbons (Fsp3) is 0.400. The maximum atomic E-state index is 12.4. The summed E-state index contributed by atoms with van der Waals surface area (Å²) in [6.07, 6.45) is 3.92. The van der Waals surface area contributed by atoms with Gasteiger partial charge < -0.3 is 14.8 Å². The highest BCUT2D eigenvalue weighted by Gasteiger charge is 2.27. The first-order chi connectivity index (χ1) is 13.0. The maximum absolute atomic E-state index is 12.4. The number of nitrogens with one attached hydrogen (secondary N) is 1. The van der Waals surface area contributed by atoms with Crippen LogP contribution in [0.15, 0.2) is 18.2 Å². The lowest BCUT2D eigenvalue weighted by Crippen LogP contribution is -2.21. The average molecular weight is 408 g/mol. The third-order valence-corrected chi connectivity index (χ3v) is 6.03. The van der Waals surface area contributed by atoms with E-state index in [1.54, 1.807) is 25.1 Å². The summed E-state index contributed by atoms with van der Waals surface area (Å²) in [4.78, 5) is 26.0. The van der Waals surface area contributed by atoms with Gasteiger partial charge in [0.25, 0.3) is 5.91 Å². The summed E-state index contributed by atoms with van der Waals surface area (Å²) in [6.45, 7) is 3.80. The highest BCUT2D eigenvalue weighted by molar-refractivity contribution is 7.17. The van der Waals surface area contributed by atoms with Gasteiger partial charge in [-0.05, 0) is 68.9 Å². The molecule has 0 fully saturated rings. The lowest BCUT2D eigenvalue weighted by Gasteiger charge is -2.12. The van der Waals surface area contributed by atoms with E-state index >= 15 is 0 Å². The van der Waals surface area contributed by atoms with E-state index in [9.17, 15) is 9.59 Å². The molecule has 0 bridgehead atoms. The fourth-order valence-electron chi connectivity index (χ4n) is 3.09. The second-order valence-corrected chi connectivity index (χ2v) is 7.90. The fourth-order valence-corrected chi connectivity index (χ4v) is 4.50. The molecule has 3 rings (SSSR count). The Kier molecular flexibility index (Phi) is 6.39. The van der Waals surface area contributed by atoms with Crippen LogP contribution in [0.4, 0.5) is 5.00 Å². The molecule has 1 amide bonds. The number of carbonyl (C=O) groups excluding carboxylic acids is 2. The first kappa shape index (κ1) is 19.7. The number of carbonyl (C=O) groups is 2. The van der Waals surface area contributed by atoms with Gasteiger partial charge in [0.15, 0.2) is 6.61 Å². The van der Waals surface area contributed by atoms with E-state index in [2.05, 4.69) is 5.32 Å². The molecule has 1 heterocycles. The highest BCUT2D eigenvalue weighted by Crippen LogP contribution is 2.38. The Morgan fingerprint density at radius 2 is 2.04 bits per heavy atom. The molecule has 1 aromatic heterocycles. The SMILES string of the molecule is CCOC(=O)c1c(NC(=O)COc2ccc(Cl)c(C)c2)sc2c1CCCC2. The molecule has 0 unspecified atom stereocenters. The quantitative estimate of drug-likeness (QED) is 0.699. The molecule has 0 saturated heterocycles. The molecule has 0 aliphatic heterocycles. The summed E-state index contributed by atoms with van der Waals surface area (Å²) in [6, 6.07) is 5.23. The lowest BCUT2D eigenvalue weighted by molar-refractivity contribution is -0.118. The number of anilines is 1. The Bertz CT molecular complexity index is 862. The molecular weight excluding hydrogens is 386 g/mol. The molecule has 0 saturated carbocycles. The number of halogens is 1. The smallest absolute Gasteiger partial charge is 0.341 e. The van der Waals surface area contributed by atoms with Gasteiger partial charge in [-0.1, -0.05) is 11.6 Å². The Balaban J connectivity index is 1.72. The van der Waals surface area contributed by atoms with Crippen molar-refractivity contribution >= 4 is 39.8 Å². The van der Waals surface area contributed by atoms with Crippen LogP contribution in [0.3, 0.4) is 0 Å². The number of rotatable bonds is 6. The van der Waals surface area contributed by atoms with Crippen molar-refractivity contribution in [3.63, 3.8) is 0 Å². The van der Waals surface area contributed by atoms with Crippen molar-refractivity contribution in [3.8, 4) is 5.75 Å². The van der Waals surface area contributed by atoms with E-state index in [1.807, 2.05) is 6.92 Å². The average Bonchev–Trinajstić information content (AvgIpc) is 3.00. The zero-order chi connectivity index (χ0) is 19.4. The number of hydrogen-bond acceptors (Lipinski definition) is 5. The minimum absolute atomic E-state index is 0.147. The first-order valence-electron chi connectivity index (χ1n) is 9.00. The van der Waals surface area contributed by atoms with Crippen molar-refractivity contribution < 1.29 is 19.1 Å². The molecule has 5 nitrogen and oxygen atoms in total. The van der Waals surface area contributed by atoms with Crippen LogP contribution in [-0.4, -0.2) is 25.1 Å². The molecule has 1 aliphatic rings. The van der Waals surface area contributed by atoms with Gasteiger partial charge in [0.1, 0.15) is 10.8 Å². The van der Waals surface area contributed by atoms with Crippen molar-refractivity contribution in [2.75, 3.05) is 18.5 Å². The van der Waals surface area contributed by atoms with Crippen molar-refractivity contribution in [2.24, 2.45) is 0 Å². The minimum Gasteiger partial charge on any atom is -0.484 e. The van der Waals surface area contributed by atoms with Crippen molar-refractivity contribution in [2.45, 2.75) is 39.5 Å². The third-order valence-electron chi connectivity index (χ3n) is 4.40. The van der Waals surface area contributed by atoms with Gasteiger partial charge in [-0.25, -0.2) is 4.79 Å². The van der Waals surface area contributed by atoms with Crippen LogP contribution in [-0.2, 0) is 22.4 Å². The molecule has 1 aliphatic carbocycles. The van der Waals surface area contributed by atoms with Crippen LogP contribution in [0.5, 0.6) is 5.75 Å². The molecule has 0 spiro atoms. The van der Waals surface area contributed by atoms with Gasteiger partial charge in [0, 0.05) is 9.90 Å². The lowest BCUT2D eigenvalue weighted by atomic mass is 9.95. The Labute approximate surface area is 167 Å². The monoisotopic (exact) mass is 407 g/mol. The van der Waals surface area contributed by atoms with E-state index < -0.39 is 0 Å². The zero-order valence-corrected chi connectivity index (χ0v) is 17.0. The Morgan fingerprint density at radius 3 is 2.78 bits per heavy atom. The van der Waals surface area contributed by atoms with Crippen molar-refractivity contribution in [1.82, 2.24) is 0 Å². The minimum atomic E-state index is -0.374. The first-order valence-corrected chi connectivity index (χ1v) is 10.2. The van der Waals surface area contributed by atoms with Gasteiger partial charge in [-0.3, -0.25) is 4.79 Å². The molecule has 1 N–H and O–H groups in total. The standard InChI is InChI=1S/C20H22ClNO4S/c1-3-25-20(24)18-14-6-4-5-7-16(14)27-19(18)22-17(23)11-26-13-8-9-15(21)12(2)10-13/h8-10H,3-7,11H2,1-2H3,(H,22,23). The van der Waals surface area contributed by atoms with Crippen LogP contribution in [0, 0.1) is 6.92 Å². The normalized spacial score (nSPS) is 13.0. The van der Waals surface area contributed by atoms with Gasteiger partial charge in [-0.15, -0.1) is 11.3 Å². The van der Waals surface area contributed by atoms with Crippen molar-refractivity contribution in [3.05, 3.63) is 44.8 Å². The summed E-state index contributed by atoms with van der Waals surface area (Å²) in [5.74, 6) is -0.115. The summed E-state index contributed by atoms with van der Waals surface area (Å²) < 4.78 is 10.7. The molecule has 2 aromatic rings. The number of fused-ring (bicyclic) bond motifs is 1. The number of thiophene rings is 1. The van der Waals surface area contributed by atoms with Crippen LogP contribution in [0.25, 0.3) is 0 Å². The molecule has 27 heavy (non-hydrogen) atoms. The number of amides is 1. The van der Waals surface area contributed by atoms with Crippen LogP contribution in [0.1, 0.15) is 46.1 Å². The van der Waals surface area contributed by atoms with E-state index in [4.69, 9.17) is 21.1 Å². The number of benzene rings is 1. The summed E-state index contributed by atoms with van der Waals surface area (Å²) in [5, 5.41) is 4.04. The van der Waals surface area contributed by atoms with Gasteiger partial charge >= 0.3 is 5.97 Å². The summed E-state index contributed by atoms with van der Waals surface area (Å²) in [7, 11) is 0. The number of esters is 1. The van der Waals surface area contributed by atoms with Crippen molar-refractivity contribution in [1.29, 1.82) is 0 Å². The summed E-state index contributed by atoms with van der Waals surface area (Å²) >= 11 is 7.46. The molecule has 0 radical (unpaired) electrons. The van der Waals surface area contributed by atoms with Crippen LogP contribution >= 0.6 is 22.9 Å². The number of hydrogen-bond donors (Lipinski definition) is 1. The Morgan fingerprint density at radius 1 is 1.26 bits per heavy atom. The maximum Gasteiger partial charge on any atom is 0.341 e. The molecule has 144 valence electrons. The Hall–Kier alpha value is -2.05.